The van der Waals surface area contributed by atoms with Crippen molar-refractivity contribution in [2.75, 3.05) is 0 Å². The van der Waals surface area contributed by atoms with Crippen LogP contribution in [0.3, 0.4) is 0 Å². The molecule has 0 spiro atoms. The average Bonchev–Trinajstić information content (AvgIpc) is 3.10. The number of aryl methyl sites for hydroxylation is 1. The van der Waals surface area contributed by atoms with Gasteiger partial charge in [0.25, 0.3) is 5.89 Å². The lowest BCUT2D eigenvalue weighted by atomic mass is 9.77. The topological polar surface area (TPSA) is 83.4 Å². The molecule has 1 saturated carbocycles. The number of hydrogen-bond acceptors (Lipinski definition) is 6. The molecule has 27 heavy (non-hydrogen) atoms. The molecule has 3 aromatic rings. The van der Waals surface area contributed by atoms with E-state index in [-0.39, 0.29) is 19.0 Å². The highest BCUT2D eigenvalue weighted by Gasteiger charge is 2.38. The first-order chi connectivity index (χ1) is 12.6. The molecule has 0 bridgehead atoms. The summed E-state index contributed by atoms with van der Waals surface area (Å²) in [5.41, 5.74) is 6.97. The molecule has 0 unspecified atom stereocenters. The lowest BCUT2D eigenvalue weighted by Crippen LogP contribution is -2.44. The Hall–Kier alpha value is -2.57. The van der Waals surface area contributed by atoms with Crippen molar-refractivity contribution in [2.24, 2.45) is 5.73 Å². The maximum Gasteiger partial charge on any atom is 0.264 e. The Morgan fingerprint density at radius 2 is 1.59 bits per heavy atom. The van der Waals surface area contributed by atoms with Crippen LogP contribution in [-0.2, 0) is 12.1 Å². The molecule has 0 amide bonds. The summed E-state index contributed by atoms with van der Waals surface area (Å²) < 4.78 is 16.7. The summed E-state index contributed by atoms with van der Waals surface area (Å²) in [7, 11) is 0. The zero-order chi connectivity index (χ0) is 18.0. The second-order valence-corrected chi connectivity index (χ2v) is 6.70. The summed E-state index contributed by atoms with van der Waals surface area (Å²) >= 11 is 0. The molecule has 0 radical (unpaired) electrons. The third kappa shape index (κ3) is 4.40. The Bertz CT molecular complexity index is 874. The van der Waals surface area contributed by atoms with Gasteiger partial charge in [-0.2, -0.15) is 4.98 Å². The van der Waals surface area contributed by atoms with Crippen molar-refractivity contribution in [2.45, 2.75) is 38.3 Å². The normalized spacial score (nSPS) is 14.7. The fourth-order valence-corrected chi connectivity index (χ4v) is 2.79. The number of halogens is 1. The number of ether oxygens (including phenoxy) is 2. The van der Waals surface area contributed by atoms with Gasteiger partial charge >= 0.3 is 0 Å². The minimum atomic E-state index is -0.420. The third-order valence-electron chi connectivity index (χ3n) is 4.60. The highest BCUT2D eigenvalue weighted by Crippen LogP contribution is 2.36. The van der Waals surface area contributed by atoms with Gasteiger partial charge in [0.1, 0.15) is 17.2 Å². The summed E-state index contributed by atoms with van der Waals surface area (Å²) in [6.07, 6.45) is 2.90. The minimum absolute atomic E-state index is 0. The number of hydrogen-bond donors (Lipinski definition) is 1. The lowest BCUT2D eigenvalue weighted by molar-refractivity contribution is 0.223. The van der Waals surface area contributed by atoms with E-state index in [1.807, 2.05) is 55.5 Å². The van der Waals surface area contributed by atoms with Gasteiger partial charge < -0.3 is 19.7 Å². The van der Waals surface area contributed by atoms with E-state index in [0.717, 1.165) is 30.8 Å². The fraction of sp³-hybridized carbons (Fsp3) is 0.300. The van der Waals surface area contributed by atoms with Crippen LogP contribution in [0.2, 0.25) is 0 Å². The highest BCUT2D eigenvalue weighted by atomic mass is 35.5. The summed E-state index contributed by atoms with van der Waals surface area (Å²) in [6, 6.07) is 15.3. The zero-order valence-corrected chi connectivity index (χ0v) is 15.9. The lowest BCUT2D eigenvalue weighted by Gasteiger charge is -2.34. The maximum absolute atomic E-state index is 6.19. The minimum Gasteiger partial charge on any atom is -0.484 e. The van der Waals surface area contributed by atoms with Crippen LogP contribution in [0.5, 0.6) is 17.2 Å². The van der Waals surface area contributed by atoms with Crippen molar-refractivity contribution >= 4 is 12.4 Å². The molecule has 1 aliphatic rings. The largest absolute Gasteiger partial charge is 0.484 e. The van der Waals surface area contributed by atoms with E-state index < -0.39 is 5.54 Å². The second-order valence-electron chi connectivity index (χ2n) is 6.70. The molecule has 0 aliphatic heterocycles. The summed E-state index contributed by atoms with van der Waals surface area (Å²) in [4.78, 5) is 4.35. The first-order valence-electron chi connectivity index (χ1n) is 8.70. The quantitative estimate of drug-likeness (QED) is 0.670. The standard InChI is InChI=1S/C20H21N3O3.ClH/c1-14-3-5-16(6-4-14)25-17-9-7-15(8-10-17)24-13-18-22-19(23-26-18)20(21)11-2-12-20;/h3-10H,2,11-13,21H2,1H3;1H. The van der Waals surface area contributed by atoms with Crippen LogP contribution in [-0.4, -0.2) is 10.1 Å². The van der Waals surface area contributed by atoms with Gasteiger partial charge in [0, 0.05) is 0 Å². The highest BCUT2D eigenvalue weighted by molar-refractivity contribution is 5.85. The van der Waals surface area contributed by atoms with E-state index in [1.54, 1.807) is 0 Å². The average molecular weight is 388 g/mol. The Morgan fingerprint density at radius 3 is 2.19 bits per heavy atom. The van der Waals surface area contributed by atoms with Crippen molar-refractivity contribution in [3.05, 3.63) is 65.8 Å². The zero-order valence-electron chi connectivity index (χ0n) is 15.1. The van der Waals surface area contributed by atoms with Crippen LogP contribution < -0.4 is 15.2 Å². The van der Waals surface area contributed by atoms with Gasteiger partial charge in [0.05, 0.1) is 5.54 Å². The Kier molecular flexibility index (Phi) is 5.68. The molecule has 142 valence electrons. The first-order valence-corrected chi connectivity index (χ1v) is 8.70. The maximum atomic E-state index is 6.19. The van der Waals surface area contributed by atoms with E-state index in [9.17, 15) is 0 Å². The van der Waals surface area contributed by atoms with Gasteiger partial charge in [-0.05, 0) is 62.6 Å². The van der Waals surface area contributed by atoms with E-state index >= 15 is 0 Å². The van der Waals surface area contributed by atoms with Crippen LogP contribution in [0.25, 0.3) is 0 Å². The summed E-state index contributed by atoms with van der Waals surface area (Å²) in [5, 5.41) is 3.98. The van der Waals surface area contributed by atoms with Gasteiger partial charge in [-0.1, -0.05) is 22.9 Å². The number of rotatable bonds is 6. The summed E-state index contributed by atoms with van der Waals surface area (Å²) in [6.45, 7) is 2.25. The van der Waals surface area contributed by atoms with Gasteiger partial charge in [-0.15, -0.1) is 12.4 Å². The molecule has 7 heteroatoms. The Labute approximate surface area is 164 Å². The van der Waals surface area contributed by atoms with Crippen molar-refractivity contribution in [1.82, 2.24) is 10.1 Å². The number of benzene rings is 2. The van der Waals surface area contributed by atoms with Gasteiger partial charge in [0.2, 0.25) is 0 Å². The number of nitrogens with two attached hydrogens (primary N) is 1. The van der Waals surface area contributed by atoms with Gasteiger partial charge in [0.15, 0.2) is 12.4 Å². The smallest absolute Gasteiger partial charge is 0.264 e. The van der Waals surface area contributed by atoms with Crippen LogP contribution >= 0.6 is 12.4 Å². The van der Waals surface area contributed by atoms with Crippen molar-refractivity contribution in [3.8, 4) is 17.2 Å². The molecular formula is C20H22ClN3O3. The van der Waals surface area contributed by atoms with Crippen molar-refractivity contribution < 1.29 is 14.0 Å². The van der Waals surface area contributed by atoms with E-state index in [2.05, 4.69) is 10.1 Å². The SMILES string of the molecule is Cc1ccc(Oc2ccc(OCc3nc(C4(N)CCC4)no3)cc2)cc1.Cl. The molecule has 1 aliphatic carbocycles. The molecule has 2 aromatic carbocycles. The molecule has 4 rings (SSSR count). The molecule has 0 atom stereocenters. The molecule has 0 saturated heterocycles. The molecular weight excluding hydrogens is 366 g/mol. The van der Waals surface area contributed by atoms with Crippen LogP contribution in [0.15, 0.2) is 53.1 Å². The first kappa shape index (κ1) is 19.2. The molecule has 1 fully saturated rings. The van der Waals surface area contributed by atoms with E-state index in [4.69, 9.17) is 19.7 Å². The molecule has 6 nitrogen and oxygen atoms in total. The van der Waals surface area contributed by atoms with Crippen molar-refractivity contribution in [3.63, 3.8) is 0 Å². The van der Waals surface area contributed by atoms with E-state index in [0.29, 0.717) is 17.5 Å². The van der Waals surface area contributed by atoms with Crippen LogP contribution in [0, 0.1) is 6.92 Å². The Morgan fingerprint density at radius 1 is 1.00 bits per heavy atom. The van der Waals surface area contributed by atoms with Crippen LogP contribution in [0.4, 0.5) is 0 Å². The second kappa shape index (κ2) is 7.98. The van der Waals surface area contributed by atoms with E-state index in [1.165, 1.54) is 5.56 Å². The van der Waals surface area contributed by atoms with Crippen LogP contribution in [0.1, 0.15) is 36.5 Å². The Balaban J connectivity index is 0.00000210. The van der Waals surface area contributed by atoms with Crippen molar-refractivity contribution in [1.29, 1.82) is 0 Å². The molecule has 2 N–H and O–H groups in total. The molecule has 1 heterocycles. The third-order valence-corrected chi connectivity index (χ3v) is 4.60. The monoisotopic (exact) mass is 387 g/mol. The predicted octanol–water partition coefficient (Wildman–Crippen LogP) is 4.51. The number of nitrogens with zero attached hydrogens (tertiary/aromatic N) is 2. The fourth-order valence-electron chi connectivity index (χ4n) is 2.79. The summed E-state index contributed by atoms with van der Waals surface area (Å²) in [5.74, 6) is 3.25. The van der Waals surface area contributed by atoms with Gasteiger partial charge in [-0.25, -0.2) is 0 Å². The predicted molar refractivity (Wildman–Crippen MR) is 103 cm³/mol. The van der Waals surface area contributed by atoms with Gasteiger partial charge in [-0.3, -0.25) is 0 Å². The molecule has 1 aromatic heterocycles. The number of aromatic nitrogens is 2.